The summed E-state index contributed by atoms with van der Waals surface area (Å²) in [4.78, 5) is 13.3. The van der Waals surface area contributed by atoms with E-state index in [1.807, 2.05) is 23.9 Å². The van der Waals surface area contributed by atoms with Crippen LogP contribution in [0, 0.1) is 0 Å². The van der Waals surface area contributed by atoms with Gasteiger partial charge in [-0.3, -0.25) is 0 Å². The van der Waals surface area contributed by atoms with Crippen molar-refractivity contribution < 1.29 is 9.90 Å². The van der Waals surface area contributed by atoms with Gasteiger partial charge in [0.15, 0.2) is 0 Å². The van der Waals surface area contributed by atoms with Gasteiger partial charge >= 0.3 is 5.97 Å². The molecule has 98 valence electrons. The molecular weight excluding hydrogens is 246 g/mol. The third kappa shape index (κ3) is 2.99. The zero-order valence-corrected chi connectivity index (χ0v) is 11.5. The van der Waals surface area contributed by atoms with Crippen LogP contribution in [-0.2, 0) is 6.42 Å². The van der Waals surface area contributed by atoms with Crippen LogP contribution in [0.5, 0.6) is 0 Å². The highest BCUT2D eigenvalue weighted by Gasteiger charge is 2.19. The Kier molecular flexibility index (Phi) is 4.53. The van der Waals surface area contributed by atoms with E-state index in [0.717, 1.165) is 19.5 Å². The number of carboxylic acids is 1. The number of nitrogens with zero attached hydrogens (tertiary/aromatic N) is 1. The van der Waals surface area contributed by atoms with Gasteiger partial charge in [-0.05, 0) is 48.1 Å². The average molecular weight is 265 g/mol. The molecule has 0 unspecified atom stereocenters. The molecule has 0 spiro atoms. The van der Waals surface area contributed by atoms with Crippen LogP contribution in [0.15, 0.2) is 18.2 Å². The summed E-state index contributed by atoms with van der Waals surface area (Å²) in [5, 5.41) is 8.97. The summed E-state index contributed by atoms with van der Waals surface area (Å²) in [6.45, 7) is 4.28. The second-order valence-electron chi connectivity index (χ2n) is 4.44. The fourth-order valence-corrected chi connectivity index (χ4v) is 2.96. The largest absolute Gasteiger partial charge is 0.478 e. The lowest BCUT2D eigenvalue weighted by molar-refractivity contribution is 0.0697. The highest BCUT2D eigenvalue weighted by Crippen LogP contribution is 2.29. The molecule has 3 nitrogen and oxygen atoms in total. The molecule has 1 aromatic carbocycles. The van der Waals surface area contributed by atoms with E-state index in [2.05, 4.69) is 11.8 Å². The summed E-state index contributed by atoms with van der Waals surface area (Å²) >= 11 is 1.97. The van der Waals surface area contributed by atoms with Gasteiger partial charge < -0.3 is 10.0 Å². The summed E-state index contributed by atoms with van der Waals surface area (Å²) in [6, 6.07) is 5.48. The third-order valence-electron chi connectivity index (χ3n) is 3.24. The zero-order chi connectivity index (χ0) is 13.0. The molecule has 0 atom stereocenters. The van der Waals surface area contributed by atoms with Gasteiger partial charge in [0.05, 0.1) is 5.56 Å². The van der Waals surface area contributed by atoms with E-state index in [4.69, 9.17) is 5.11 Å². The lowest BCUT2D eigenvalue weighted by Crippen LogP contribution is -2.22. The Morgan fingerprint density at radius 2 is 2.33 bits per heavy atom. The van der Waals surface area contributed by atoms with Crippen LogP contribution in [0.25, 0.3) is 0 Å². The highest BCUT2D eigenvalue weighted by atomic mass is 32.2. The molecule has 2 rings (SSSR count). The average Bonchev–Trinajstić information content (AvgIpc) is 2.77. The van der Waals surface area contributed by atoms with Crippen molar-refractivity contribution in [3.8, 4) is 0 Å². The Morgan fingerprint density at radius 3 is 3.06 bits per heavy atom. The first-order valence-electron chi connectivity index (χ1n) is 6.41. The monoisotopic (exact) mass is 265 g/mol. The van der Waals surface area contributed by atoms with E-state index in [0.29, 0.717) is 5.56 Å². The van der Waals surface area contributed by atoms with E-state index >= 15 is 0 Å². The molecule has 0 aromatic heterocycles. The summed E-state index contributed by atoms with van der Waals surface area (Å²) in [7, 11) is 0. The molecule has 0 bridgehead atoms. The Hall–Kier alpha value is -1.16. The lowest BCUT2D eigenvalue weighted by Gasteiger charge is -2.19. The Balaban J connectivity index is 1.98. The van der Waals surface area contributed by atoms with Crippen LogP contribution in [-0.4, -0.2) is 35.7 Å². The van der Waals surface area contributed by atoms with Crippen molar-refractivity contribution in [1.82, 2.24) is 0 Å². The molecule has 0 radical (unpaired) electrons. The summed E-state index contributed by atoms with van der Waals surface area (Å²) < 4.78 is 0. The second-order valence-corrected chi connectivity index (χ2v) is 5.83. The summed E-state index contributed by atoms with van der Waals surface area (Å²) in [6.07, 6.45) is 2.16. The van der Waals surface area contributed by atoms with Crippen molar-refractivity contribution >= 4 is 23.4 Å². The molecular formula is C14H19NO2S. The quantitative estimate of drug-likeness (QED) is 0.803. The highest BCUT2D eigenvalue weighted by molar-refractivity contribution is 7.99. The van der Waals surface area contributed by atoms with E-state index in [-0.39, 0.29) is 0 Å². The number of fused-ring (bicyclic) bond motifs is 1. The topological polar surface area (TPSA) is 40.5 Å². The zero-order valence-electron chi connectivity index (χ0n) is 10.7. The number of anilines is 1. The van der Waals surface area contributed by atoms with Gasteiger partial charge in [0.25, 0.3) is 0 Å². The normalized spacial score (nSPS) is 13.7. The molecule has 1 aromatic rings. The lowest BCUT2D eigenvalue weighted by atomic mass is 10.1. The van der Waals surface area contributed by atoms with E-state index in [9.17, 15) is 4.79 Å². The first kappa shape index (κ1) is 13.3. The second kappa shape index (κ2) is 6.14. The van der Waals surface area contributed by atoms with Crippen molar-refractivity contribution in [2.45, 2.75) is 19.8 Å². The van der Waals surface area contributed by atoms with Crippen LogP contribution in [0.3, 0.4) is 0 Å². The van der Waals surface area contributed by atoms with E-state index in [1.54, 1.807) is 6.07 Å². The molecule has 0 aliphatic carbocycles. The van der Waals surface area contributed by atoms with Crippen molar-refractivity contribution in [3.63, 3.8) is 0 Å². The van der Waals surface area contributed by atoms with Crippen LogP contribution in [0.2, 0.25) is 0 Å². The van der Waals surface area contributed by atoms with Crippen molar-refractivity contribution in [1.29, 1.82) is 0 Å². The minimum Gasteiger partial charge on any atom is -0.478 e. The number of hydrogen-bond acceptors (Lipinski definition) is 3. The Bertz CT molecular complexity index is 434. The summed E-state index contributed by atoms with van der Waals surface area (Å²) in [5.41, 5.74) is 2.80. The number of thioether (sulfide) groups is 1. The summed E-state index contributed by atoms with van der Waals surface area (Å²) in [5.74, 6) is 1.55. The van der Waals surface area contributed by atoms with Gasteiger partial charge in [0, 0.05) is 18.8 Å². The number of carboxylic acid groups (broad SMARTS) is 1. The smallest absolute Gasteiger partial charge is 0.335 e. The van der Waals surface area contributed by atoms with Crippen molar-refractivity contribution in [3.05, 3.63) is 29.3 Å². The van der Waals surface area contributed by atoms with Crippen LogP contribution in [0.4, 0.5) is 5.69 Å². The SMILES string of the molecule is CCSCCCN1CCc2cc(C(=O)O)ccc21. The van der Waals surface area contributed by atoms with Crippen LogP contribution in [0.1, 0.15) is 29.3 Å². The van der Waals surface area contributed by atoms with Gasteiger partial charge in [-0.1, -0.05) is 6.92 Å². The van der Waals surface area contributed by atoms with Gasteiger partial charge in [-0.15, -0.1) is 0 Å². The number of hydrogen-bond donors (Lipinski definition) is 1. The maximum absolute atomic E-state index is 10.9. The van der Waals surface area contributed by atoms with Crippen LogP contribution >= 0.6 is 11.8 Å². The molecule has 1 aliphatic heterocycles. The minimum absolute atomic E-state index is 0.400. The first-order chi connectivity index (χ1) is 8.72. The Labute approximate surface area is 112 Å². The Morgan fingerprint density at radius 1 is 1.50 bits per heavy atom. The molecule has 4 heteroatoms. The van der Waals surface area contributed by atoms with Gasteiger partial charge in [-0.2, -0.15) is 11.8 Å². The minimum atomic E-state index is -0.837. The third-order valence-corrected chi connectivity index (χ3v) is 4.22. The predicted molar refractivity (Wildman–Crippen MR) is 76.9 cm³/mol. The number of benzene rings is 1. The number of rotatable bonds is 6. The standard InChI is InChI=1S/C14H19NO2S/c1-2-18-9-3-7-15-8-6-11-10-12(14(16)17)4-5-13(11)15/h4-5,10H,2-3,6-9H2,1H3,(H,16,17). The maximum atomic E-state index is 10.9. The molecule has 18 heavy (non-hydrogen) atoms. The van der Waals surface area contributed by atoms with Crippen molar-refractivity contribution in [2.24, 2.45) is 0 Å². The van der Waals surface area contributed by atoms with Crippen molar-refractivity contribution in [2.75, 3.05) is 29.5 Å². The predicted octanol–water partition coefficient (Wildman–Crippen LogP) is 2.89. The molecule has 1 heterocycles. The molecule has 0 amide bonds. The fraction of sp³-hybridized carbons (Fsp3) is 0.500. The molecule has 1 aliphatic rings. The van der Waals surface area contributed by atoms with Gasteiger partial charge in [0.1, 0.15) is 0 Å². The van der Waals surface area contributed by atoms with Crippen LogP contribution < -0.4 is 4.90 Å². The molecule has 0 saturated heterocycles. The maximum Gasteiger partial charge on any atom is 0.335 e. The molecule has 0 saturated carbocycles. The fourth-order valence-electron chi connectivity index (χ4n) is 2.34. The van der Waals surface area contributed by atoms with Gasteiger partial charge in [-0.25, -0.2) is 4.79 Å². The molecule has 1 N–H and O–H groups in total. The number of aromatic carboxylic acids is 1. The van der Waals surface area contributed by atoms with E-state index < -0.39 is 5.97 Å². The molecule has 0 fully saturated rings. The van der Waals surface area contributed by atoms with Gasteiger partial charge in [0.2, 0.25) is 0 Å². The first-order valence-corrected chi connectivity index (χ1v) is 7.56. The van der Waals surface area contributed by atoms with E-state index in [1.165, 1.54) is 29.2 Å². The number of carbonyl (C=O) groups is 1.